The number of aliphatic carboxylic acids is 1. The van der Waals surface area contributed by atoms with Gasteiger partial charge in [0, 0.05) is 11.3 Å². The summed E-state index contributed by atoms with van der Waals surface area (Å²) in [5, 5.41) is 8.58. The molecule has 0 aromatic heterocycles. The second-order valence-corrected chi connectivity index (χ2v) is 4.55. The first kappa shape index (κ1) is 12.9. The van der Waals surface area contributed by atoms with Crippen LogP contribution < -0.4 is 4.74 Å². The van der Waals surface area contributed by atoms with Crippen LogP contribution in [0.2, 0.25) is 0 Å². The van der Waals surface area contributed by atoms with E-state index >= 15 is 0 Å². The maximum absolute atomic E-state index is 10.9. The van der Waals surface area contributed by atoms with Gasteiger partial charge in [0.2, 0.25) is 0 Å². The highest BCUT2D eigenvalue weighted by molar-refractivity contribution is 7.99. The fourth-order valence-corrected chi connectivity index (χ4v) is 2.37. The first-order valence-electron chi connectivity index (χ1n) is 5.15. The zero-order chi connectivity index (χ0) is 12.0. The fraction of sp³-hybridized carbons (Fsp3) is 0.417. The Morgan fingerprint density at radius 2 is 2.19 bits per heavy atom. The lowest BCUT2D eigenvalue weighted by Gasteiger charge is -2.11. The molecule has 1 unspecified atom stereocenters. The van der Waals surface area contributed by atoms with E-state index in [1.54, 1.807) is 7.11 Å². The second-order valence-electron chi connectivity index (χ2n) is 3.36. The van der Waals surface area contributed by atoms with E-state index in [9.17, 15) is 4.79 Å². The predicted molar refractivity (Wildman–Crippen MR) is 66.0 cm³/mol. The highest BCUT2D eigenvalue weighted by Crippen LogP contribution is 2.26. The minimum Gasteiger partial charge on any atom is -0.496 e. The molecule has 0 heterocycles. The van der Waals surface area contributed by atoms with Gasteiger partial charge in [-0.2, -0.15) is 0 Å². The van der Waals surface area contributed by atoms with Crippen LogP contribution in [-0.4, -0.2) is 23.4 Å². The third-order valence-electron chi connectivity index (χ3n) is 2.28. The monoisotopic (exact) mass is 240 g/mol. The van der Waals surface area contributed by atoms with Gasteiger partial charge in [-0.3, -0.25) is 4.79 Å². The van der Waals surface area contributed by atoms with Crippen molar-refractivity contribution in [3.63, 3.8) is 0 Å². The maximum Gasteiger partial charge on any atom is 0.316 e. The van der Waals surface area contributed by atoms with Crippen molar-refractivity contribution < 1.29 is 14.6 Å². The van der Waals surface area contributed by atoms with Crippen molar-refractivity contribution in [1.29, 1.82) is 0 Å². The van der Waals surface area contributed by atoms with Gasteiger partial charge < -0.3 is 9.84 Å². The molecule has 88 valence electrons. The summed E-state index contributed by atoms with van der Waals surface area (Å²) in [6.07, 6.45) is 0.634. The van der Waals surface area contributed by atoms with Gasteiger partial charge in [-0.25, -0.2) is 0 Å². The van der Waals surface area contributed by atoms with Crippen LogP contribution in [0.4, 0.5) is 0 Å². The molecule has 0 bridgehead atoms. The number of thioether (sulfide) groups is 1. The van der Waals surface area contributed by atoms with Crippen molar-refractivity contribution in [2.45, 2.75) is 24.3 Å². The van der Waals surface area contributed by atoms with Gasteiger partial charge in [0.1, 0.15) is 11.0 Å². The summed E-state index contributed by atoms with van der Waals surface area (Å²) in [5.41, 5.74) is 1.04. The summed E-state index contributed by atoms with van der Waals surface area (Å²) < 4.78 is 5.21. The first-order valence-corrected chi connectivity index (χ1v) is 6.20. The topological polar surface area (TPSA) is 46.5 Å². The minimum absolute atomic E-state index is 0.343. The molecule has 0 aliphatic rings. The molecule has 0 amide bonds. The van der Waals surface area contributed by atoms with Gasteiger partial charge in [-0.1, -0.05) is 25.1 Å². The number of hydrogen-bond donors (Lipinski definition) is 1. The van der Waals surface area contributed by atoms with Gasteiger partial charge in [0.25, 0.3) is 0 Å². The average Bonchev–Trinajstić information content (AvgIpc) is 2.30. The average molecular weight is 240 g/mol. The van der Waals surface area contributed by atoms with Crippen molar-refractivity contribution in [3.05, 3.63) is 29.8 Å². The van der Waals surface area contributed by atoms with Crippen molar-refractivity contribution in [2.75, 3.05) is 7.11 Å². The number of carboxylic acid groups (broad SMARTS) is 1. The summed E-state index contributed by atoms with van der Waals surface area (Å²) >= 11 is 1.43. The third kappa shape index (κ3) is 3.45. The molecule has 4 heteroatoms. The summed E-state index contributed by atoms with van der Waals surface area (Å²) in [6, 6.07) is 7.68. The molecule has 1 N–H and O–H groups in total. The number of carbonyl (C=O) groups is 1. The standard InChI is InChI=1S/C12H16O3S/c1-3-11(12(13)14)16-8-9-6-4-5-7-10(9)15-2/h4-7,11H,3,8H2,1-2H3,(H,13,14). The van der Waals surface area contributed by atoms with Crippen molar-refractivity contribution in [2.24, 2.45) is 0 Å². The minimum atomic E-state index is -0.748. The Kier molecular flexibility index (Phi) is 5.19. The molecule has 0 spiro atoms. The van der Waals surface area contributed by atoms with Crippen molar-refractivity contribution in [1.82, 2.24) is 0 Å². The molecule has 0 saturated heterocycles. The number of benzene rings is 1. The number of ether oxygens (including phenoxy) is 1. The Labute approximate surface area is 99.8 Å². The molecule has 1 atom stereocenters. The van der Waals surface area contributed by atoms with Crippen LogP contribution in [-0.2, 0) is 10.5 Å². The summed E-state index contributed by atoms with van der Waals surface area (Å²) in [6.45, 7) is 1.88. The lowest BCUT2D eigenvalue weighted by atomic mass is 10.2. The molecule has 0 saturated carbocycles. The molecule has 16 heavy (non-hydrogen) atoms. The van der Waals surface area contributed by atoms with Crippen LogP contribution in [0.15, 0.2) is 24.3 Å². The van der Waals surface area contributed by atoms with Gasteiger partial charge >= 0.3 is 5.97 Å². The summed E-state index contributed by atoms with van der Waals surface area (Å²) in [7, 11) is 1.62. The normalized spacial score (nSPS) is 12.1. The number of carboxylic acids is 1. The molecular formula is C12H16O3S. The predicted octanol–water partition coefficient (Wildman–Crippen LogP) is 2.79. The van der Waals surface area contributed by atoms with Gasteiger partial charge in [-0.05, 0) is 12.5 Å². The smallest absolute Gasteiger partial charge is 0.316 e. The fourth-order valence-electron chi connectivity index (χ4n) is 1.38. The van der Waals surface area contributed by atoms with Crippen LogP contribution in [0.25, 0.3) is 0 Å². The number of para-hydroxylation sites is 1. The van der Waals surface area contributed by atoms with E-state index < -0.39 is 5.97 Å². The summed E-state index contributed by atoms with van der Waals surface area (Å²) in [5.74, 6) is 0.729. The number of methoxy groups -OCH3 is 1. The van der Waals surface area contributed by atoms with E-state index in [4.69, 9.17) is 9.84 Å². The Bertz CT molecular complexity index is 352. The highest BCUT2D eigenvalue weighted by Gasteiger charge is 2.16. The first-order chi connectivity index (χ1) is 7.69. The van der Waals surface area contributed by atoms with E-state index in [2.05, 4.69) is 0 Å². The van der Waals surface area contributed by atoms with E-state index in [-0.39, 0.29) is 5.25 Å². The molecule has 0 radical (unpaired) electrons. The van der Waals surface area contributed by atoms with Gasteiger partial charge in [0.15, 0.2) is 0 Å². The Morgan fingerprint density at radius 3 is 2.75 bits per heavy atom. The number of rotatable bonds is 6. The second kappa shape index (κ2) is 6.43. The quantitative estimate of drug-likeness (QED) is 0.830. The van der Waals surface area contributed by atoms with Crippen LogP contribution >= 0.6 is 11.8 Å². The van der Waals surface area contributed by atoms with Crippen molar-refractivity contribution in [3.8, 4) is 5.75 Å². The molecule has 0 fully saturated rings. The highest BCUT2D eigenvalue weighted by atomic mass is 32.2. The largest absolute Gasteiger partial charge is 0.496 e. The van der Waals surface area contributed by atoms with Gasteiger partial charge in [0.05, 0.1) is 7.11 Å². The van der Waals surface area contributed by atoms with Crippen LogP contribution in [0, 0.1) is 0 Å². The van der Waals surface area contributed by atoms with Crippen LogP contribution in [0.1, 0.15) is 18.9 Å². The van der Waals surface area contributed by atoms with Crippen LogP contribution in [0.3, 0.4) is 0 Å². The molecule has 1 aromatic rings. The Balaban J connectivity index is 2.63. The zero-order valence-electron chi connectivity index (χ0n) is 9.47. The lowest BCUT2D eigenvalue weighted by molar-refractivity contribution is -0.136. The molecule has 3 nitrogen and oxygen atoms in total. The zero-order valence-corrected chi connectivity index (χ0v) is 10.3. The Hall–Kier alpha value is -1.16. The summed E-state index contributed by atoms with van der Waals surface area (Å²) in [4.78, 5) is 10.9. The molecule has 1 aromatic carbocycles. The number of hydrogen-bond acceptors (Lipinski definition) is 3. The third-order valence-corrected chi connectivity index (χ3v) is 3.69. The maximum atomic E-state index is 10.9. The van der Waals surface area contributed by atoms with Gasteiger partial charge in [-0.15, -0.1) is 11.8 Å². The van der Waals surface area contributed by atoms with Crippen molar-refractivity contribution >= 4 is 17.7 Å². The lowest BCUT2D eigenvalue weighted by Crippen LogP contribution is -2.15. The molecule has 0 aliphatic carbocycles. The molecule has 0 aliphatic heterocycles. The van der Waals surface area contributed by atoms with E-state index in [1.165, 1.54) is 11.8 Å². The SMILES string of the molecule is CCC(SCc1ccccc1OC)C(=O)O. The molecule has 1 rings (SSSR count). The van der Waals surface area contributed by atoms with E-state index in [1.807, 2.05) is 31.2 Å². The van der Waals surface area contributed by atoms with E-state index in [0.717, 1.165) is 11.3 Å². The van der Waals surface area contributed by atoms with Crippen LogP contribution in [0.5, 0.6) is 5.75 Å². The molecular weight excluding hydrogens is 224 g/mol. The Morgan fingerprint density at radius 1 is 1.50 bits per heavy atom. The van der Waals surface area contributed by atoms with E-state index in [0.29, 0.717) is 12.2 Å².